The number of rotatable bonds is 3. The first-order chi connectivity index (χ1) is 11.9. The third-order valence-electron chi connectivity index (χ3n) is 3.13. The zero-order valence-electron chi connectivity index (χ0n) is 12.6. The second-order valence-electron chi connectivity index (χ2n) is 4.89. The van der Waals surface area contributed by atoms with Gasteiger partial charge in [-0.3, -0.25) is 4.79 Å². The molecular formula is C17H11F3N2O2S. The van der Waals surface area contributed by atoms with Gasteiger partial charge in [0.2, 0.25) is 0 Å². The van der Waals surface area contributed by atoms with Crippen LogP contribution in [0.25, 0.3) is 6.08 Å². The molecule has 2 heterocycles. The number of amides is 1. The summed E-state index contributed by atoms with van der Waals surface area (Å²) in [7, 11) is 0. The fourth-order valence-electron chi connectivity index (χ4n) is 2.03. The van der Waals surface area contributed by atoms with Crippen molar-refractivity contribution in [3.8, 4) is 0 Å². The number of aliphatic imine (C=N–C) groups is 1. The van der Waals surface area contributed by atoms with Crippen LogP contribution in [0.5, 0.6) is 0 Å². The molecule has 0 radical (unpaired) electrons. The van der Waals surface area contributed by atoms with Gasteiger partial charge in [0.15, 0.2) is 5.17 Å². The predicted octanol–water partition coefficient (Wildman–Crippen LogP) is 4.75. The Hall–Kier alpha value is -2.74. The van der Waals surface area contributed by atoms with E-state index in [1.165, 1.54) is 24.5 Å². The van der Waals surface area contributed by atoms with E-state index in [2.05, 4.69) is 10.3 Å². The zero-order chi connectivity index (χ0) is 17.9. The summed E-state index contributed by atoms with van der Waals surface area (Å²) in [5.41, 5.74) is -1.10. The third kappa shape index (κ3) is 4.21. The van der Waals surface area contributed by atoms with Crippen molar-refractivity contribution in [2.24, 2.45) is 4.99 Å². The summed E-state index contributed by atoms with van der Waals surface area (Å²) >= 11 is 0.971. The standard InChI is InChI=1S/C17H11F3N2O2S/c18-17(19,20)12-7-1-2-8-13(12)21-16-22-15(23)14(25-16)9-3-5-11-6-4-10-24-11/h1-10H,(H,21,22,23)/b5-3+,14-9+. The van der Waals surface area contributed by atoms with Gasteiger partial charge >= 0.3 is 6.18 Å². The minimum absolute atomic E-state index is 0.0966. The molecule has 1 saturated heterocycles. The average Bonchev–Trinajstić information content (AvgIpc) is 3.17. The summed E-state index contributed by atoms with van der Waals surface area (Å²) < 4.78 is 44.1. The summed E-state index contributed by atoms with van der Waals surface area (Å²) in [6, 6.07) is 8.42. The molecule has 0 bridgehead atoms. The summed E-state index contributed by atoms with van der Waals surface area (Å²) in [6.07, 6.45) is 1.83. The van der Waals surface area contributed by atoms with Crippen LogP contribution in [0.15, 0.2) is 69.1 Å². The number of thioether (sulfide) groups is 1. The van der Waals surface area contributed by atoms with E-state index < -0.39 is 17.6 Å². The number of nitrogens with one attached hydrogen (secondary N) is 1. The zero-order valence-corrected chi connectivity index (χ0v) is 13.4. The van der Waals surface area contributed by atoms with Crippen LogP contribution in [0.4, 0.5) is 18.9 Å². The van der Waals surface area contributed by atoms with E-state index in [4.69, 9.17) is 4.42 Å². The van der Waals surface area contributed by atoms with E-state index in [-0.39, 0.29) is 10.9 Å². The highest BCUT2D eigenvalue weighted by Gasteiger charge is 2.33. The highest BCUT2D eigenvalue weighted by molar-refractivity contribution is 8.18. The molecular weight excluding hydrogens is 353 g/mol. The number of allylic oxidation sites excluding steroid dienone is 2. The van der Waals surface area contributed by atoms with Crippen LogP contribution in [-0.2, 0) is 11.0 Å². The number of halogens is 3. The first-order valence-electron chi connectivity index (χ1n) is 7.09. The van der Waals surface area contributed by atoms with Crippen molar-refractivity contribution < 1.29 is 22.4 Å². The lowest BCUT2D eigenvalue weighted by Gasteiger charge is -2.09. The van der Waals surface area contributed by atoms with E-state index in [1.54, 1.807) is 30.4 Å². The molecule has 128 valence electrons. The molecule has 2 aromatic rings. The van der Waals surface area contributed by atoms with Gasteiger partial charge in [-0.15, -0.1) is 0 Å². The van der Waals surface area contributed by atoms with Crippen molar-refractivity contribution >= 4 is 34.6 Å². The Bertz CT molecular complexity index is 868. The van der Waals surface area contributed by atoms with Crippen molar-refractivity contribution in [2.75, 3.05) is 0 Å². The number of alkyl halides is 3. The van der Waals surface area contributed by atoms with Crippen LogP contribution in [0.3, 0.4) is 0 Å². The van der Waals surface area contributed by atoms with Gasteiger partial charge in [0.1, 0.15) is 5.76 Å². The van der Waals surface area contributed by atoms with Gasteiger partial charge in [-0.05, 0) is 48.2 Å². The molecule has 1 fully saturated rings. The number of furan rings is 1. The fourth-order valence-corrected chi connectivity index (χ4v) is 2.82. The Morgan fingerprint density at radius 3 is 2.68 bits per heavy atom. The SMILES string of the molecule is O=C1NC(=Nc2ccccc2C(F)(F)F)S/C1=C/C=C/c1ccco1. The number of benzene rings is 1. The third-order valence-corrected chi connectivity index (χ3v) is 4.06. The normalized spacial score (nSPS) is 18.4. The molecule has 1 aliphatic heterocycles. The van der Waals surface area contributed by atoms with Crippen LogP contribution in [0.2, 0.25) is 0 Å². The van der Waals surface area contributed by atoms with Crippen LogP contribution in [-0.4, -0.2) is 11.1 Å². The van der Waals surface area contributed by atoms with E-state index in [9.17, 15) is 18.0 Å². The van der Waals surface area contributed by atoms with Gasteiger partial charge in [0.25, 0.3) is 5.91 Å². The van der Waals surface area contributed by atoms with Crippen molar-refractivity contribution in [1.82, 2.24) is 5.32 Å². The highest BCUT2D eigenvalue weighted by atomic mass is 32.2. The van der Waals surface area contributed by atoms with Crippen LogP contribution >= 0.6 is 11.8 Å². The van der Waals surface area contributed by atoms with E-state index in [1.807, 2.05) is 0 Å². The number of amidine groups is 1. The lowest BCUT2D eigenvalue weighted by Crippen LogP contribution is -2.19. The highest BCUT2D eigenvalue weighted by Crippen LogP contribution is 2.37. The van der Waals surface area contributed by atoms with Crippen molar-refractivity contribution in [2.45, 2.75) is 6.18 Å². The van der Waals surface area contributed by atoms with Gasteiger partial charge < -0.3 is 9.73 Å². The van der Waals surface area contributed by atoms with Gasteiger partial charge in [-0.1, -0.05) is 18.2 Å². The number of nitrogens with zero attached hydrogens (tertiary/aromatic N) is 1. The van der Waals surface area contributed by atoms with Gasteiger partial charge in [0, 0.05) is 0 Å². The molecule has 1 aromatic heterocycles. The second kappa shape index (κ2) is 7.02. The fraction of sp³-hybridized carbons (Fsp3) is 0.0588. The van der Waals surface area contributed by atoms with E-state index in [0.29, 0.717) is 10.7 Å². The molecule has 8 heteroatoms. The van der Waals surface area contributed by atoms with Crippen molar-refractivity contribution in [1.29, 1.82) is 0 Å². The minimum atomic E-state index is -4.52. The second-order valence-corrected chi connectivity index (χ2v) is 5.92. The number of carbonyl (C=O) groups excluding carboxylic acids is 1. The van der Waals surface area contributed by atoms with Crippen LogP contribution in [0, 0.1) is 0 Å². The molecule has 1 aromatic carbocycles. The maximum atomic E-state index is 13.0. The Kier molecular flexibility index (Phi) is 4.80. The Labute approximate surface area is 145 Å². The lowest BCUT2D eigenvalue weighted by molar-refractivity contribution is -0.137. The summed E-state index contributed by atoms with van der Waals surface area (Å²) in [6.45, 7) is 0. The summed E-state index contributed by atoms with van der Waals surface area (Å²) in [5, 5.41) is 2.55. The van der Waals surface area contributed by atoms with Crippen LogP contribution < -0.4 is 5.32 Å². The Morgan fingerprint density at radius 2 is 1.96 bits per heavy atom. The Morgan fingerprint density at radius 1 is 1.16 bits per heavy atom. The Balaban J connectivity index is 1.80. The number of carbonyl (C=O) groups is 1. The number of hydrogen-bond acceptors (Lipinski definition) is 4. The maximum Gasteiger partial charge on any atom is 0.418 e. The first kappa shape index (κ1) is 17.1. The minimum Gasteiger partial charge on any atom is -0.465 e. The van der Waals surface area contributed by atoms with Gasteiger partial charge in [0.05, 0.1) is 22.4 Å². The smallest absolute Gasteiger partial charge is 0.418 e. The molecule has 1 amide bonds. The predicted molar refractivity (Wildman–Crippen MR) is 90.1 cm³/mol. The average molecular weight is 364 g/mol. The molecule has 0 atom stereocenters. The van der Waals surface area contributed by atoms with Gasteiger partial charge in [-0.25, -0.2) is 4.99 Å². The largest absolute Gasteiger partial charge is 0.465 e. The molecule has 1 N–H and O–H groups in total. The molecule has 0 saturated carbocycles. The molecule has 25 heavy (non-hydrogen) atoms. The van der Waals surface area contributed by atoms with E-state index in [0.717, 1.165) is 17.8 Å². The van der Waals surface area contributed by atoms with E-state index >= 15 is 0 Å². The summed E-state index contributed by atoms with van der Waals surface area (Å²) in [5.74, 6) is 0.200. The number of para-hydroxylation sites is 1. The quantitative estimate of drug-likeness (QED) is 0.800. The first-order valence-corrected chi connectivity index (χ1v) is 7.91. The molecule has 0 aliphatic carbocycles. The topological polar surface area (TPSA) is 54.6 Å². The van der Waals surface area contributed by atoms with Crippen LogP contribution in [0.1, 0.15) is 11.3 Å². The molecule has 0 unspecified atom stereocenters. The maximum absolute atomic E-state index is 13.0. The van der Waals surface area contributed by atoms with Crippen molar-refractivity contribution in [3.05, 3.63) is 71.0 Å². The lowest BCUT2D eigenvalue weighted by atomic mass is 10.2. The monoisotopic (exact) mass is 364 g/mol. The van der Waals surface area contributed by atoms with Crippen molar-refractivity contribution in [3.63, 3.8) is 0 Å². The molecule has 3 rings (SSSR count). The van der Waals surface area contributed by atoms with Gasteiger partial charge in [-0.2, -0.15) is 13.2 Å². The summed E-state index contributed by atoms with van der Waals surface area (Å²) in [4.78, 5) is 16.1. The number of hydrogen-bond donors (Lipinski definition) is 1. The molecule has 4 nitrogen and oxygen atoms in total. The molecule has 1 aliphatic rings. The molecule has 0 spiro atoms.